The molecule has 258 valence electrons. The third kappa shape index (κ3) is 6.24. The quantitative estimate of drug-likeness (QED) is 0.253. The number of nitrogens with two attached hydrogens (primary N) is 1. The summed E-state index contributed by atoms with van der Waals surface area (Å²) in [5.74, 6) is -0.741. The van der Waals surface area contributed by atoms with Gasteiger partial charge >= 0.3 is 6.01 Å². The fourth-order valence-electron chi connectivity index (χ4n) is 7.02. The molecule has 0 aromatic carbocycles. The van der Waals surface area contributed by atoms with Gasteiger partial charge in [0.15, 0.2) is 17.5 Å². The third-order valence-electron chi connectivity index (χ3n) is 9.67. The molecule has 1 amide bonds. The van der Waals surface area contributed by atoms with E-state index in [1.807, 2.05) is 18.7 Å². The van der Waals surface area contributed by atoms with Crippen LogP contribution in [0.2, 0.25) is 0 Å². The minimum atomic E-state index is -0.956. The van der Waals surface area contributed by atoms with Gasteiger partial charge in [-0.3, -0.25) is 14.7 Å². The van der Waals surface area contributed by atoms with E-state index in [0.29, 0.717) is 44.1 Å². The number of amides is 1. The molecule has 7 rings (SSSR count). The van der Waals surface area contributed by atoms with E-state index in [4.69, 9.17) is 20.0 Å². The zero-order valence-corrected chi connectivity index (χ0v) is 27.4. The van der Waals surface area contributed by atoms with Crippen LogP contribution in [0.15, 0.2) is 28.9 Å². The normalized spacial score (nSPS) is 22.6. The summed E-state index contributed by atoms with van der Waals surface area (Å²) in [5.41, 5.74) is 4.42. The SMILES string of the molecule is CC(C)c1noc(/C=C/C(=O)N2CC[C@@H](N(C)c3nc(OC[C@@]45CCCN4C[C@H](F)C5)nc4c(F)c(-c5nc(N)ccc5F)ncc34)C2)n1. The van der Waals surface area contributed by atoms with Gasteiger partial charge < -0.3 is 24.8 Å². The molecular formula is C33H37F3N10O3. The van der Waals surface area contributed by atoms with Crippen molar-refractivity contribution < 1.29 is 27.2 Å². The maximum absolute atomic E-state index is 16.3. The van der Waals surface area contributed by atoms with Crippen LogP contribution in [0.4, 0.5) is 24.8 Å². The highest BCUT2D eigenvalue weighted by molar-refractivity contribution is 5.93. The Balaban J connectivity index is 1.18. The summed E-state index contributed by atoms with van der Waals surface area (Å²) in [5, 5.41) is 4.17. The highest BCUT2D eigenvalue weighted by Crippen LogP contribution is 2.41. The van der Waals surface area contributed by atoms with Gasteiger partial charge in [0.25, 0.3) is 5.89 Å². The minimum absolute atomic E-state index is 0.000474. The molecule has 16 heteroatoms. The van der Waals surface area contributed by atoms with Crippen molar-refractivity contribution in [3.8, 4) is 17.4 Å². The second-order valence-corrected chi connectivity index (χ2v) is 13.3. The van der Waals surface area contributed by atoms with Crippen LogP contribution in [-0.2, 0) is 4.79 Å². The molecule has 0 spiro atoms. The standard InChI is InChI=1S/C33H37F3N10O3/c1-18(2)30-40-24(49-43-30)7-8-25(47)45-12-9-20(16-45)44(3)31-21-14-38-29(28-22(35)5-6-23(37)39-28)26(36)27(21)41-32(42-31)48-17-33-10-4-11-46(33)15-19(34)13-33/h5-8,14,18-20H,4,9-13,15-17H2,1-3H3,(H2,37,39)/b8-7+/t19-,20-,33+/m1/s1. The first-order valence-corrected chi connectivity index (χ1v) is 16.4. The molecular weight excluding hydrogens is 641 g/mol. The van der Waals surface area contributed by atoms with E-state index in [2.05, 4.69) is 30.0 Å². The molecule has 49 heavy (non-hydrogen) atoms. The number of carbonyl (C=O) groups is 1. The Morgan fingerprint density at radius 1 is 1.18 bits per heavy atom. The van der Waals surface area contributed by atoms with Crippen molar-refractivity contribution >= 4 is 34.5 Å². The van der Waals surface area contributed by atoms with Gasteiger partial charge in [-0.15, -0.1) is 0 Å². The molecule has 0 radical (unpaired) electrons. The van der Waals surface area contributed by atoms with Crippen molar-refractivity contribution in [3.63, 3.8) is 0 Å². The molecule has 4 aromatic heterocycles. The summed E-state index contributed by atoms with van der Waals surface area (Å²) >= 11 is 0. The van der Waals surface area contributed by atoms with E-state index in [9.17, 15) is 13.6 Å². The number of ether oxygens (including phenoxy) is 1. The predicted molar refractivity (Wildman–Crippen MR) is 174 cm³/mol. The molecule has 7 heterocycles. The third-order valence-corrected chi connectivity index (χ3v) is 9.67. The molecule has 0 aliphatic carbocycles. The lowest BCUT2D eigenvalue weighted by atomic mass is 9.95. The molecule has 3 aliphatic heterocycles. The Labute approximate surface area is 280 Å². The summed E-state index contributed by atoms with van der Waals surface area (Å²) in [6.45, 7) is 5.95. The van der Waals surface area contributed by atoms with Crippen molar-refractivity contribution in [1.29, 1.82) is 0 Å². The number of alkyl halides is 1. The number of halogens is 3. The Morgan fingerprint density at radius 2 is 2.02 bits per heavy atom. The van der Waals surface area contributed by atoms with Crippen molar-refractivity contribution in [2.75, 3.05) is 50.5 Å². The number of aromatic nitrogens is 6. The van der Waals surface area contributed by atoms with E-state index >= 15 is 4.39 Å². The summed E-state index contributed by atoms with van der Waals surface area (Å²) in [7, 11) is 1.79. The maximum Gasteiger partial charge on any atom is 0.319 e. The van der Waals surface area contributed by atoms with Crippen LogP contribution in [0.5, 0.6) is 6.01 Å². The summed E-state index contributed by atoms with van der Waals surface area (Å²) in [6, 6.07) is 2.05. The number of anilines is 2. The fourth-order valence-corrected chi connectivity index (χ4v) is 7.02. The number of pyridine rings is 2. The first-order valence-electron chi connectivity index (χ1n) is 16.4. The number of rotatable bonds is 9. The Hall–Kier alpha value is -4.86. The first kappa shape index (κ1) is 32.7. The van der Waals surface area contributed by atoms with Crippen molar-refractivity contribution in [3.05, 3.63) is 47.8 Å². The maximum atomic E-state index is 16.3. The second-order valence-electron chi connectivity index (χ2n) is 13.3. The zero-order valence-electron chi connectivity index (χ0n) is 27.4. The van der Waals surface area contributed by atoms with Crippen molar-refractivity contribution in [2.24, 2.45) is 0 Å². The average molecular weight is 679 g/mol. The van der Waals surface area contributed by atoms with Crippen LogP contribution >= 0.6 is 0 Å². The molecule has 2 N–H and O–H groups in total. The number of likely N-dealkylation sites (tertiary alicyclic amines) is 1. The molecule has 0 saturated carbocycles. The lowest BCUT2D eigenvalue weighted by Crippen LogP contribution is -2.43. The van der Waals surface area contributed by atoms with Gasteiger partial charge in [0.2, 0.25) is 5.91 Å². The number of hydrogen-bond acceptors (Lipinski definition) is 12. The summed E-state index contributed by atoms with van der Waals surface area (Å²) in [4.78, 5) is 40.3. The van der Waals surface area contributed by atoms with Crippen molar-refractivity contribution in [1.82, 2.24) is 39.9 Å². The molecule has 0 bridgehead atoms. The minimum Gasteiger partial charge on any atom is -0.461 e. The van der Waals surface area contributed by atoms with Crippen LogP contribution < -0.4 is 15.4 Å². The van der Waals surface area contributed by atoms with Crippen LogP contribution in [0, 0.1) is 11.6 Å². The lowest BCUT2D eigenvalue weighted by Gasteiger charge is -2.31. The van der Waals surface area contributed by atoms with E-state index in [0.717, 1.165) is 25.5 Å². The van der Waals surface area contributed by atoms with Crippen LogP contribution in [0.1, 0.15) is 57.2 Å². The second kappa shape index (κ2) is 12.9. The molecule has 4 aromatic rings. The van der Waals surface area contributed by atoms with Crippen molar-refractivity contribution in [2.45, 2.75) is 63.2 Å². The number of nitrogens with zero attached hydrogens (tertiary/aromatic N) is 9. The molecule has 3 saturated heterocycles. The number of carbonyl (C=O) groups excluding carboxylic acids is 1. The molecule has 3 fully saturated rings. The van der Waals surface area contributed by atoms with Gasteiger partial charge in [0.1, 0.15) is 41.3 Å². The van der Waals surface area contributed by atoms with Gasteiger partial charge in [-0.25, -0.2) is 18.2 Å². The van der Waals surface area contributed by atoms with Gasteiger partial charge in [-0.2, -0.15) is 15.0 Å². The topological polar surface area (TPSA) is 153 Å². The Morgan fingerprint density at radius 3 is 2.82 bits per heavy atom. The number of nitrogen functional groups attached to an aromatic ring is 1. The van der Waals surface area contributed by atoms with Gasteiger partial charge in [-0.1, -0.05) is 19.0 Å². The summed E-state index contributed by atoms with van der Waals surface area (Å²) < 4.78 is 56.9. The predicted octanol–water partition coefficient (Wildman–Crippen LogP) is 4.16. The van der Waals surface area contributed by atoms with Gasteiger partial charge in [0, 0.05) is 63.4 Å². The number of fused-ring (bicyclic) bond motifs is 2. The number of hydrogen-bond donors (Lipinski definition) is 1. The Kier molecular flexibility index (Phi) is 8.58. The van der Waals surface area contributed by atoms with E-state index in [1.54, 1.807) is 11.9 Å². The first-order chi connectivity index (χ1) is 23.5. The fraction of sp³-hybridized carbons (Fsp3) is 0.485. The molecule has 3 atom stereocenters. The van der Waals surface area contributed by atoms with Crippen LogP contribution in [0.3, 0.4) is 0 Å². The molecule has 13 nitrogen and oxygen atoms in total. The highest BCUT2D eigenvalue weighted by Gasteiger charge is 2.49. The van der Waals surface area contributed by atoms with Crippen LogP contribution in [-0.4, -0.2) is 103 Å². The van der Waals surface area contributed by atoms with E-state index < -0.39 is 23.3 Å². The summed E-state index contributed by atoms with van der Waals surface area (Å²) in [6.07, 6.45) is 5.92. The molecule has 3 aliphatic rings. The van der Waals surface area contributed by atoms with E-state index in [1.165, 1.54) is 24.4 Å². The monoisotopic (exact) mass is 678 g/mol. The molecule has 0 unspecified atom stereocenters. The number of likely N-dealkylation sites (N-methyl/N-ethyl adjacent to an activating group) is 1. The smallest absolute Gasteiger partial charge is 0.319 e. The van der Waals surface area contributed by atoms with Gasteiger partial charge in [0.05, 0.1) is 10.9 Å². The van der Waals surface area contributed by atoms with E-state index in [-0.39, 0.29) is 64.5 Å². The Bertz CT molecular complexity index is 1920. The lowest BCUT2D eigenvalue weighted by molar-refractivity contribution is -0.124. The van der Waals surface area contributed by atoms with Crippen LogP contribution in [0.25, 0.3) is 28.4 Å². The largest absolute Gasteiger partial charge is 0.461 e. The highest BCUT2D eigenvalue weighted by atomic mass is 19.1. The zero-order chi connectivity index (χ0) is 34.4. The average Bonchev–Trinajstić information content (AvgIpc) is 3.88. The van der Waals surface area contributed by atoms with Gasteiger partial charge in [-0.05, 0) is 37.9 Å².